The fourth-order valence-electron chi connectivity index (χ4n) is 2.71. The number of hydrogen-bond acceptors (Lipinski definition) is 5. The Kier molecular flexibility index (Phi) is 5.08. The van der Waals surface area contributed by atoms with Crippen LogP contribution in [0.5, 0.6) is 0 Å². The van der Waals surface area contributed by atoms with Gasteiger partial charge in [0.05, 0.1) is 28.5 Å². The number of carbonyl (C=O) groups excluding carboxylic acids is 1. The Balaban J connectivity index is 1.86. The topological polar surface area (TPSA) is 67.8 Å². The Labute approximate surface area is 151 Å². The van der Waals surface area contributed by atoms with Crippen LogP contribution in [0, 0.1) is 19.8 Å². The first kappa shape index (κ1) is 17.5. The molecule has 0 aliphatic rings. The summed E-state index contributed by atoms with van der Waals surface area (Å²) in [4.78, 5) is 26.2. The van der Waals surface area contributed by atoms with E-state index in [4.69, 9.17) is 0 Å². The van der Waals surface area contributed by atoms with Crippen LogP contribution in [0.1, 0.15) is 53.1 Å². The summed E-state index contributed by atoms with van der Waals surface area (Å²) in [7, 11) is 0. The highest BCUT2D eigenvalue weighted by Gasteiger charge is 2.19. The van der Waals surface area contributed by atoms with Crippen molar-refractivity contribution in [1.82, 2.24) is 20.3 Å². The highest BCUT2D eigenvalue weighted by molar-refractivity contribution is 7.09. The molecule has 6 heteroatoms. The summed E-state index contributed by atoms with van der Waals surface area (Å²) in [6.07, 6.45) is 2.63. The zero-order chi connectivity index (χ0) is 18.0. The standard InChI is InChI=1S/C19H22N4OS/c1-11(2)9-17(19-20-7-8-25-19)23-18(24)14-5-6-15-16(10-14)22-13(4)12(3)21-15/h5-8,10-11,17H,9H2,1-4H3,(H,23,24). The Morgan fingerprint density at radius 3 is 2.52 bits per heavy atom. The van der Waals surface area contributed by atoms with Gasteiger partial charge in [0.2, 0.25) is 0 Å². The maximum atomic E-state index is 12.7. The second-order valence-corrected chi connectivity index (χ2v) is 7.55. The summed E-state index contributed by atoms with van der Waals surface area (Å²) in [6, 6.07) is 5.38. The summed E-state index contributed by atoms with van der Waals surface area (Å²) >= 11 is 1.57. The minimum absolute atomic E-state index is 0.0750. The van der Waals surface area contributed by atoms with E-state index in [1.807, 2.05) is 25.3 Å². The molecule has 3 rings (SSSR count). The fourth-order valence-corrected chi connectivity index (χ4v) is 3.42. The third kappa shape index (κ3) is 4.02. The summed E-state index contributed by atoms with van der Waals surface area (Å²) in [5.41, 5.74) is 3.93. The van der Waals surface area contributed by atoms with Crippen LogP contribution in [0.2, 0.25) is 0 Å². The van der Waals surface area contributed by atoms with Gasteiger partial charge in [-0.3, -0.25) is 4.79 Å². The smallest absolute Gasteiger partial charge is 0.251 e. The van der Waals surface area contributed by atoms with E-state index in [2.05, 4.69) is 34.1 Å². The van der Waals surface area contributed by atoms with Gasteiger partial charge < -0.3 is 5.32 Å². The summed E-state index contributed by atoms with van der Waals surface area (Å²) in [6.45, 7) is 8.15. The number of fused-ring (bicyclic) bond motifs is 1. The minimum atomic E-state index is -0.109. The molecule has 1 amide bonds. The first-order valence-electron chi connectivity index (χ1n) is 8.39. The quantitative estimate of drug-likeness (QED) is 0.745. The second-order valence-electron chi connectivity index (χ2n) is 6.62. The lowest BCUT2D eigenvalue weighted by molar-refractivity contribution is 0.0932. The lowest BCUT2D eigenvalue weighted by Gasteiger charge is -2.18. The Hall–Kier alpha value is -2.34. The van der Waals surface area contributed by atoms with Gasteiger partial charge in [-0.05, 0) is 44.4 Å². The summed E-state index contributed by atoms with van der Waals surface area (Å²) < 4.78 is 0. The number of thiazole rings is 1. The third-order valence-corrected chi connectivity index (χ3v) is 4.99. The highest BCUT2D eigenvalue weighted by atomic mass is 32.1. The van der Waals surface area contributed by atoms with Gasteiger partial charge in [0, 0.05) is 17.1 Å². The van der Waals surface area contributed by atoms with Crippen LogP contribution in [-0.2, 0) is 0 Å². The number of hydrogen-bond donors (Lipinski definition) is 1. The van der Waals surface area contributed by atoms with Crippen LogP contribution in [0.25, 0.3) is 11.0 Å². The number of amides is 1. The van der Waals surface area contributed by atoms with E-state index in [9.17, 15) is 4.79 Å². The minimum Gasteiger partial charge on any atom is -0.343 e. The molecule has 1 unspecified atom stereocenters. The summed E-state index contributed by atoms with van der Waals surface area (Å²) in [5.74, 6) is 0.352. The molecule has 1 N–H and O–H groups in total. The third-order valence-electron chi connectivity index (χ3n) is 4.10. The number of rotatable bonds is 5. The van der Waals surface area contributed by atoms with E-state index in [1.54, 1.807) is 29.7 Å². The molecule has 5 nitrogen and oxygen atoms in total. The maximum Gasteiger partial charge on any atom is 0.251 e. The molecule has 2 heterocycles. The fraction of sp³-hybridized carbons (Fsp3) is 0.368. The SMILES string of the molecule is Cc1nc2ccc(C(=O)NC(CC(C)C)c3nccs3)cc2nc1C. The first-order chi connectivity index (χ1) is 11.9. The number of benzene rings is 1. The van der Waals surface area contributed by atoms with E-state index in [0.717, 1.165) is 33.8 Å². The van der Waals surface area contributed by atoms with E-state index < -0.39 is 0 Å². The Morgan fingerprint density at radius 2 is 1.88 bits per heavy atom. The monoisotopic (exact) mass is 354 g/mol. The molecule has 0 bridgehead atoms. The number of nitrogens with zero attached hydrogens (tertiary/aromatic N) is 3. The lowest BCUT2D eigenvalue weighted by atomic mass is 10.0. The molecule has 0 spiro atoms. The van der Waals surface area contributed by atoms with Gasteiger partial charge in [-0.2, -0.15) is 0 Å². The van der Waals surface area contributed by atoms with Gasteiger partial charge in [-0.25, -0.2) is 15.0 Å². The normalized spacial score (nSPS) is 12.5. The maximum absolute atomic E-state index is 12.7. The van der Waals surface area contributed by atoms with Gasteiger partial charge in [-0.1, -0.05) is 13.8 Å². The molecular formula is C19H22N4OS. The van der Waals surface area contributed by atoms with Gasteiger partial charge in [0.1, 0.15) is 5.01 Å². The van der Waals surface area contributed by atoms with Crippen LogP contribution in [0.3, 0.4) is 0 Å². The van der Waals surface area contributed by atoms with Crippen molar-refractivity contribution in [2.75, 3.05) is 0 Å². The molecule has 1 atom stereocenters. The average molecular weight is 354 g/mol. The molecule has 0 saturated heterocycles. The van der Waals surface area contributed by atoms with Crippen molar-refractivity contribution in [3.63, 3.8) is 0 Å². The predicted octanol–water partition coefficient (Wildman–Crippen LogP) is 4.22. The van der Waals surface area contributed by atoms with Crippen molar-refractivity contribution >= 4 is 28.3 Å². The predicted molar refractivity (Wildman–Crippen MR) is 101 cm³/mol. The summed E-state index contributed by atoms with van der Waals surface area (Å²) in [5, 5.41) is 5.99. The van der Waals surface area contributed by atoms with Crippen molar-refractivity contribution < 1.29 is 4.79 Å². The van der Waals surface area contributed by atoms with Crippen molar-refractivity contribution in [3.05, 3.63) is 51.7 Å². The molecule has 0 saturated carbocycles. The molecule has 0 aliphatic carbocycles. The van der Waals surface area contributed by atoms with Gasteiger partial charge >= 0.3 is 0 Å². The van der Waals surface area contributed by atoms with Gasteiger partial charge in [0.15, 0.2) is 0 Å². The Morgan fingerprint density at radius 1 is 1.16 bits per heavy atom. The van der Waals surface area contributed by atoms with E-state index in [1.165, 1.54) is 0 Å². The zero-order valence-corrected chi connectivity index (χ0v) is 15.7. The van der Waals surface area contributed by atoms with Crippen LogP contribution in [0.15, 0.2) is 29.8 Å². The van der Waals surface area contributed by atoms with Gasteiger partial charge in [0.25, 0.3) is 5.91 Å². The van der Waals surface area contributed by atoms with Crippen LogP contribution in [-0.4, -0.2) is 20.9 Å². The van der Waals surface area contributed by atoms with E-state index in [-0.39, 0.29) is 11.9 Å². The molecule has 25 heavy (non-hydrogen) atoms. The zero-order valence-electron chi connectivity index (χ0n) is 14.9. The van der Waals surface area contributed by atoms with Crippen molar-refractivity contribution in [1.29, 1.82) is 0 Å². The second kappa shape index (κ2) is 7.27. The molecule has 0 aliphatic heterocycles. The number of aromatic nitrogens is 3. The Bertz CT molecular complexity index is 890. The molecule has 2 aromatic heterocycles. The van der Waals surface area contributed by atoms with Crippen LogP contribution < -0.4 is 5.32 Å². The van der Waals surface area contributed by atoms with Crippen LogP contribution >= 0.6 is 11.3 Å². The number of carbonyl (C=O) groups is 1. The first-order valence-corrected chi connectivity index (χ1v) is 9.27. The number of nitrogens with one attached hydrogen (secondary N) is 1. The van der Waals surface area contributed by atoms with Crippen molar-refractivity contribution in [2.24, 2.45) is 5.92 Å². The highest BCUT2D eigenvalue weighted by Crippen LogP contribution is 2.24. The molecule has 0 fully saturated rings. The molecule has 130 valence electrons. The average Bonchev–Trinajstić information content (AvgIpc) is 3.09. The van der Waals surface area contributed by atoms with Crippen molar-refractivity contribution in [3.8, 4) is 0 Å². The van der Waals surface area contributed by atoms with Crippen molar-refractivity contribution in [2.45, 2.75) is 40.2 Å². The largest absolute Gasteiger partial charge is 0.343 e. The van der Waals surface area contributed by atoms with Gasteiger partial charge in [-0.15, -0.1) is 11.3 Å². The molecule has 3 aromatic rings. The molecular weight excluding hydrogens is 332 g/mol. The van der Waals surface area contributed by atoms with Crippen LogP contribution in [0.4, 0.5) is 0 Å². The lowest BCUT2D eigenvalue weighted by Crippen LogP contribution is -2.29. The van der Waals surface area contributed by atoms with E-state index >= 15 is 0 Å². The molecule has 0 radical (unpaired) electrons. The van der Waals surface area contributed by atoms with E-state index in [0.29, 0.717) is 11.5 Å². The number of aryl methyl sites for hydroxylation is 2. The molecule has 1 aromatic carbocycles.